The molecule has 0 spiro atoms. The summed E-state index contributed by atoms with van der Waals surface area (Å²) in [4.78, 5) is 25.2. The Labute approximate surface area is 131 Å². The third-order valence-corrected chi connectivity index (χ3v) is 5.62. The van der Waals surface area contributed by atoms with Crippen LogP contribution < -0.4 is 0 Å². The Bertz CT molecular complexity index is 515. The number of carbonyl (C=O) groups is 1. The van der Waals surface area contributed by atoms with Gasteiger partial charge in [-0.3, -0.25) is 9.78 Å². The van der Waals surface area contributed by atoms with Crippen LogP contribution in [0.2, 0.25) is 0 Å². The Morgan fingerprint density at radius 2 is 1.82 bits per heavy atom. The predicted molar refractivity (Wildman–Crippen MR) is 83.3 cm³/mol. The molecule has 118 valence electrons. The van der Waals surface area contributed by atoms with E-state index in [4.69, 9.17) is 0 Å². The van der Waals surface area contributed by atoms with Gasteiger partial charge in [-0.15, -0.1) is 0 Å². The molecule has 2 atom stereocenters. The van der Waals surface area contributed by atoms with Gasteiger partial charge >= 0.3 is 0 Å². The summed E-state index contributed by atoms with van der Waals surface area (Å²) in [6, 6.07) is 0. The standard InChI is InChI=1S/C17H24N4O/c22-17(16-7-18-5-6-19-16)21-11-14-9-20(10-15(14)12-21)8-13-3-1-2-4-13/h5-7,13-15H,1-4,8-12H2/t14-,15+. The van der Waals surface area contributed by atoms with Crippen molar-refractivity contribution in [1.82, 2.24) is 19.8 Å². The molecule has 1 aromatic heterocycles. The Hall–Kier alpha value is -1.49. The van der Waals surface area contributed by atoms with E-state index in [1.165, 1.54) is 45.3 Å². The molecule has 4 rings (SSSR count). The lowest BCUT2D eigenvalue weighted by Gasteiger charge is -2.23. The minimum atomic E-state index is 0.0462. The van der Waals surface area contributed by atoms with Gasteiger partial charge in [-0.2, -0.15) is 0 Å². The van der Waals surface area contributed by atoms with Crippen molar-refractivity contribution in [1.29, 1.82) is 0 Å². The van der Waals surface area contributed by atoms with Crippen molar-refractivity contribution in [3.05, 3.63) is 24.3 Å². The van der Waals surface area contributed by atoms with E-state index < -0.39 is 0 Å². The number of carbonyl (C=O) groups excluding carboxylic acids is 1. The van der Waals surface area contributed by atoms with Crippen LogP contribution in [-0.2, 0) is 0 Å². The largest absolute Gasteiger partial charge is 0.337 e. The summed E-state index contributed by atoms with van der Waals surface area (Å²) in [7, 11) is 0. The van der Waals surface area contributed by atoms with Crippen molar-refractivity contribution in [2.24, 2.45) is 17.8 Å². The van der Waals surface area contributed by atoms with Gasteiger partial charge in [0.2, 0.25) is 0 Å². The van der Waals surface area contributed by atoms with E-state index in [1.807, 2.05) is 4.90 Å². The summed E-state index contributed by atoms with van der Waals surface area (Å²) < 4.78 is 0. The van der Waals surface area contributed by atoms with Crippen molar-refractivity contribution in [3.63, 3.8) is 0 Å². The summed E-state index contributed by atoms with van der Waals surface area (Å²) in [5.74, 6) is 2.28. The second-order valence-corrected chi connectivity index (χ2v) is 7.19. The molecule has 3 aliphatic rings. The summed E-state index contributed by atoms with van der Waals surface area (Å²) in [5.41, 5.74) is 0.477. The number of aromatic nitrogens is 2. The zero-order valence-corrected chi connectivity index (χ0v) is 13.0. The Morgan fingerprint density at radius 1 is 1.09 bits per heavy atom. The van der Waals surface area contributed by atoms with E-state index in [-0.39, 0.29) is 5.91 Å². The van der Waals surface area contributed by atoms with Crippen LogP contribution in [0, 0.1) is 17.8 Å². The number of hydrogen-bond acceptors (Lipinski definition) is 4. The van der Waals surface area contributed by atoms with Gasteiger partial charge in [0.15, 0.2) is 0 Å². The van der Waals surface area contributed by atoms with Crippen LogP contribution in [0.1, 0.15) is 36.2 Å². The maximum absolute atomic E-state index is 12.4. The lowest BCUT2D eigenvalue weighted by molar-refractivity contribution is 0.0766. The SMILES string of the molecule is O=C(c1cnccn1)N1C[C@H]2CN(CC3CCCC3)C[C@H]2C1. The van der Waals surface area contributed by atoms with Crippen LogP contribution in [0.3, 0.4) is 0 Å². The molecule has 0 N–H and O–H groups in total. The molecule has 2 saturated heterocycles. The summed E-state index contributed by atoms with van der Waals surface area (Å²) in [5, 5.41) is 0. The highest BCUT2D eigenvalue weighted by atomic mass is 16.2. The highest BCUT2D eigenvalue weighted by Gasteiger charge is 2.42. The van der Waals surface area contributed by atoms with Crippen LogP contribution in [0.15, 0.2) is 18.6 Å². The first-order valence-corrected chi connectivity index (χ1v) is 8.57. The number of fused-ring (bicyclic) bond motifs is 1. The van der Waals surface area contributed by atoms with Crippen molar-refractivity contribution in [3.8, 4) is 0 Å². The van der Waals surface area contributed by atoms with Crippen molar-refractivity contribution < 1.29 is 4.79 Å². The summed E-state index contributed by atoms with van der Waals surface area (Å²) >= 11 is 0. The molecule has 5 heteroatoms. The van der Waals surface area contributed by atoms with Crippen LogP contribution in [0.4, 0.5) is 0 Å². The highest BCUT2D eigenvalue weighted by Crippen LogP contribution is 2.34. The Kier molecular flexibility index (Phi) is 3.82. The van der Waals surface area contributed by atoms with Crippen LogP contribution in [0.25, 0.3) is 0 Å². The van der Waals surface area contributed by atoms with Gasteiger partial charge in [-0.25, -0.2) is 4.98 Å². The monoisotopic (exact) mass is 300 g/mol. The molecule has 3 heterocycles. The maximum atomic E-state index is 12.4. The fourth-order valence-corrected chi connectivity index (χ4v) is 4.53. The lowest BCUT2D eigenvalue weighted by atomic mass is 10.0. The molecule has 1 aliphatic carbocycles. The van der Waals surface area contributed by atoms with Crippen LogP contribution >= 0.6 is 0 Å². The molecule has 2 aliphatic heterocycles. The topological polar surface area (TPSA) is 49.3 Å². The first kappa shape index (κ1) is 14.1. The van der Waals surface area contributed by atoms with Gasteiger partial charge in [0.25, 0.3) is 5.91 Å². The molecule has 3 fully saturated rings. The molecule has 1 amide bonds. The molecule has 1 saturated carbocycles. The second kappa shape index (κ2) is 5.95. The number of nitrogens with zero attached hydrogens (tertiary/aromatic N) is 4. The molecule has 1 aromatic rings. The fourth-order valence-electron chi connectivity index (χ4n) is 4.53. The average Bonchev–Trinajstić information content (AvgIpc) is 3.24. The first-order valence-electron chi connectivity index (χ1n) is 8.57. The molecule has 0 unspecified atom stereocenters. The molecule has 0 radical (unpaired) electrons. The average molecular weight is 300 g/mol. The molecular weight excluding hydrogens is 276 g/mol. The van der Waals surface area contributed by atoms with Gasteiger partial charge in [-0.1, -0.05) is 12.8 Å². The molecule has 0 aromatic carbocycles. The van der Waals surface area contributed by atoms with Gasteiger partial charge in [0.1, 0.15) is 5.69 Å². The minimum absolute atomic E-state index is 0.0462. The third kappa shape index (κ3) is 2.74. The maximum Gasteiger partial charge on any atom is 0.274 e. The predicted octanol–water partition coefficient (Wildman–Crippen LogP) is 1.67. The van der Waals surface area contributed by atoms with E-state index in [9.17, 15) is 4.79 Å². The highest BCUT2D eigenvalue weighted by molar-refractivity contribution is 5.92. The summed E-state index contributed by atoms with van der Waals surface area (Å²) in [6.45, 7) is 5.41. The smallest absolute Gasteiger partial charge is 0.274 e. The zero-order chi connectivity index (χ0) is 14.9. The van der Waals surface area contributed by atoms with Gasteiger partial charge in [0, 0.05) is 45.1 Å². The number of likely N-dealkylation sites (tertiary alicyclic amines) is 2. The van der Waals surface area contributed by atoms with Crippen molar-refractivity contribution >= 4 is 5.91 Å². The van der Waals surface area contributed by atoms with Crippen LogP contribution in [0.5, 0.6) is 0 Å². The summed E-state index contributed by atoms with van der Waals surface area (Å²) in [6.07, 6.45) is 10.5. The lowest BCUT2D eigenvalue weighted by Crippen LogP contribution is -2.35. The van der Waals surface area contributed by atoms with Crippen molar-refractivity contribution in [2.75, 3.05) is 32.7 Å². The third-order valence-electron chi connectivity index (χ3n) is 5.62. The quantitative estimate of drug-likeness (QED) is 0.852. The van der Waals surface area contributed by atoms with Gasteiger partial charge < -0.3 is 9.80 Å². The fraction of sp³-hybridized carbons (Fsp3) is 0.706. The van der Waals surface area contributed by atoms with Crippen molar-refractivity contribution in [2.45, 2.75) is 25.7 Å². The molecular formula is C17H24N4O. The van der Waals surface area contributed by atoms with E-state index in [0.717, 1.165) is 19.0 Å². The van der Waals surface area contributed by atoms with Gasteiger partial charge in [0.05, 0.1) is 6.20 Å². The van der Waals surface area contributed by atoms with Crippen LogP contribution in [-0.4, -0.2) is 58.4 Å². The first-order chi connectivity index (χ1) is 10.8. The van der Waals surface area contributed by atoms with E-state index in [1.54, 1.807) is 18.6 Å². The normalized spacial score (nSPS) is 29.2. The second-order valence-electron chi connectivity index (χ2n) is 7.19. The Morgan fingerprint density at radius 3 is 2.45 bits per heavy atom. The van der Waals surface area contributed by atoms with Gasteiger partial charge in [-0.05, 0) is 30.6 Å². The molecule has 5 nitrogen and oxygen atoms in total. The number of rotatable bonds is 3. The number of amides is 1. The van der Waals surface area contributed by atoms with E-state index in [2.05, 4.69) is 14.9 Å². The number of hydrogen-bond donors (Lipinski definition) is 0. The zero-order valence-electron chi connectivity index (χ0n) is 13.0. The molecule has 0 bridgehead atoms. The minimum Gasteiger partial charge on any atom is -0.337 e. The van der Waals surface area contributed by atoms with E-state index in [0.29, 0.717) is 17.5 Å². The van der Waals surface area contributed by atoms with E-state index >= 15 is 0 Å². The Balaban J connectivity index is 1.32. The molecule has 22 heavy (non-hydrogen) atoms.